The first-order chi connectivity index (χ1) is 16.5. The van der Waals surface area contributed by atoms with Crippen LogP contribution in [-0.2, 0) is 11.3 Å². The van der Waals surface area contributed by atoms with Crippen molar-refractivity contribution in [1.82, 2.24) is 19.7 Å². The molecule has 34 heavy (non-hydrogen) atoms. The molecule has 7 heteroatoms. The fraction of sp³-hybridized carbons (Fsp3) is 0.704. The molecule has 2 aliphatic carbocycles. The molecule has 0 radical (unpaired) electrons. The van der Waals surface area contributed by atoms with E-state index in [1.54, 1.807) is 6.26 Å². The van der Waals surface area contributed by atoms with Gasteiger partial charge < -0.3 is 24.1 Å². The minimum absolute atomic E-state index is 0.0240. The molecule has 186 valence electrons. The highest BCUT2D eigenvalue weighted by Crippen LogP contribution is 2.33. The van der Waals surface area contributed by atoms with Crippen molar-refractivity contribution in [2.24, 2.45) is 0 Å². The lowest BCUT2D eigenvalue weighted by molar-refractivity contribution is -0.133. The van der Waals surface area contributed by atoms with Crippen molar-refractivity contribution in [2.45, 2.75) is 102 Å². The molecule has 3 aliphatic rings. The largest absolute Gasteiger partial charge is 0.463 e. The second kappa shape index (κ2) is 9.76. The lowest BCUT2D eigenvalue weighted by Gasteiger charge is -2.45. The van der Waals surface area contributed by atoms with Gasteiger partial charge in [0.2, 0.25) is 5.91 Å². The van der Waals surface area contributed by atoms with Gasteiger partial charge in [-0.3, -0.25) is 9.59 Å². The van der Waals surface area contributed by atoms with Crippen LogP contribution < -0.4 is 5.32 Å². The van der Waals surface area contributed by atoms with Gasteiger partial charge in [-0.2, -0.15) is 0 Å². The van der Waals surface area contributed by atoms with Gasteiger partial charge in [0.05, 0.1) is 18.3 Å². The Bertz CT molecular complexity index is 1010. The molecule has 3 heterocycles. The molecular formula is C27H40N4O3. The molecule has 1 atom stereocenters. The predicted octanol–water partition coefficient (Wildman–Crippen LogP) is 4.55. The monoisotopic (exact) mass is 468 g/mol. The van der Waals surface area contributed by atoms with Gasteiger partial charge in [-0.25, -0.2) is 0 Å². The van der Waals surface area contributed by atoms with Crippen molar-refractivity contribution < 1.29 is 14.0 Å². The quantitative estimate of drug-likeness (QED) is 0.632. The number of aromatic nitrogens is 1. The summed E-state index contributed by atoms with van der Waals surface area (Å²) in [6.45, 7) is 3.72. The highest BCUT2D eigenvalue weighted by atomic mass is 16.3. The van der Waals surface area contributed by atoms with Crippen LogP contribution in [0.2, 0.25) is 0 Å². The number of furan rings is 1. The molecule has 1 aliphatic heterocycles. The van der Waals surface area contributed by atoms with Crippen molar-refractivity contribution in [3.05, 3.63) is 24.1 Å². The Morgan fingerprint density at radius 1 is 1.12 bits per heavy atom. The predicted molar refractivity (Wildman–Crippen MR) is 133 cm³/mol. The SMILES string of the molecule is CN(CCN1C(=O)c2cc3occc3n2C[C@]1(C)C(=O)NC1CCCCCC1)C1CCCCC1. The Labute approximate surface area is 202 Å². The van der Waals surface area contributed by atoms with Crippen molar-refractivity contribution in [2.75, 3.05) is 20.1 Å². The van der Waals surface area contributed by atoms with Gasteiger partial charge in [0.1, 0.15) is 11.2 Å². The molecule has 0 bridgehead atoms. The number of fused-ring (bicyclic) bond motifs is 3. The summed E-state index contributed by atoms with van der Waals surface area (Å²) < 4.78 is 7.58. The summed E-state index contributed by atoms with van der Waals surface area (Å²) in [4.78, 5) is 31.9. The second-order valence-corrected chi connectivity index (χ2v) is 11.0. The molecule has 2 aromatic heterocycles. The normalized spacial score (nSPS) is 25.0. The first-order valence-corrected chi connectivity index (χ1v) is 13.4. The molecule has 2 saturated carbocycles. The maximum absolute atomic E-state index is 13.9. The van der Waals surface area contributed by atoms with Gasteiger partial charge in [-0.05, 0) is 39.7 Å². The minimum Gasteiger partial charge on any atom is -0.463 e. The number of nitrogens with one attached hydrogen (secondary N) is 1. The van der Waals surface area contributed by atoms with Crippen LogP contribution in [-0.4, -0.2) is 63.9 Å². The first kappa shape index (κ1) is 23.5. The lowest BCUT2D eigenvalue weighted by atomic mass is 9.93. The molecule has 0 aromatic carbocycles. The van der Waals surface area contributed by atoms with Crippen LogP contribution in [0.15, 0.2) is 22.8 Å². The van der Waals surface area contributed by atoms with Crippen molar-refractivity contribution >= 4 is 22.9 Å². The van der Waals surface area contributed by atoms with Gasteiger partial charge in [0.25, 0.3) is 5.91 Å². The maximum Gasteiger partial charge on any atom is 0.271 e. The first-order valence-electron chi connectivity index (χ1n) is 13.4. The van der Waals surface area contributed by atoms with Crippen LogP contribution in [0.5, 0.6) is 0 Å². The van der Waals surface area contributed by atoms with Crippen LogP contribution in [0.4, 0.5) is 0 Å². The lowest BCUT2D eigenvalue weighted by Crippen LogP contribution is -2.65. The van der Waals surface area contributed by atoms with E-state index in [2.05, 4.69) is 17.3 Å². The van der Waals surface area contributed by atoms with E-state index in [4.69, 9.17) is 4.42 Å². The zero-order chi connectivity index (χ0) is 23.7. The third-order valence-corrected chi connectivity index (χ3v) is 8.60. The molecule has 0 unspecified atom stereocenters. The number of nitrogens with zero attached hydrogens (tertiary/aromatic N) is 3. The zero-order valence-electron chi connectivity index (χ0n) is 20.9. The minimum atomic E-state index is -0.937. The van der Waals surface area contributed by atoms with Crippen molar-refractivity contribution in [3.63, 3.8) is 0 Å². The number of hydrogen-bond donors (Lipinski definition) is 1. The van der Waals surface area contributed by atoms with Crippen molar-refractivity contribution in [1.29, 1.82) is 0 Å². The number of amides is 2. The topological polar surface area (TPSA) is 70.7 Å². The average Bonchev–Trinajstić information content (AvgIpc) is 3.33. The summed E-state index contributed by atoms with van der Waals surface area (Å²) in [5.41, 5.74) is 1.27. The smallest absolute Gasteiger partial charge is 0.271 e. The van der Waals surface area contributed by atoms with E-state index in [0.717, 1.165) is 37.7 Å². The summed E-state index contributed by atoms with van der Waals surface area (Å²) in [5, 5.41) is 3.35. The van der Waals surface area contributed by atoms with E-state index in [1.165, 1.54) is 44.9 Å². The number of hydrogen-bond acceptors (Lipinski definition) is 4. The Morgan fingerprint density at radius 3 is 2.53 bits per heavy atom. The standard InChI is InChI=1S/C27H40N4O3/c1-27(26(33)28-20-10-6-3-4-7-11-20)19-30-22-14-17-34-24(22)18-23(30)25(32)31(27)16-15-29(2)21-12-8-5-9-13-21/h14,17-18,20-21H,3-13,15-16,19H2,1-2H3,(H,28,33)/t27-/m1/s1. The van der Waals surface area contributed by atoms with Crippen LogP contribution >= 0.6 is 0 Å². The molecule has 5 rings (SSSR count). The van der Waals surface area contributed by atoms with Crippen LogP contribution in [0.3, 0.4) is 0 Å². The number of likely N-dealkylation sites (N-methyl/N-ethyl adjacent to an activating group) is 1. The van der Waals surface area contributed by atoms with Crippen LogP contribution in [0, 0.1) is 0 Å². The molecule has 2 aromatic rings. The Kier molecular flexibility index (Phi) is 6.74. The molecule has 0 saturated heterocycles. The highest BCUT2D eigenvalue weighted by molar-refractivity contribution is 6.02. The second-order valence-electron chi connectivity index (χ2n) is 11.0. The van der Waals surface area contributed by atoms with E-state index in [-0.39, 0.29) is 17.9 Å². The van der Waals surface area contributed by atoms with E-state index in [0.29, 0.717) is 30.4 Å². The van der Waals surface area contributed by atoms with Gasteiger partial charge in [-0.1, -0.05) is 44.9 Å². The number of carbonyl (C=O) groups excluding carboxylic acids is 2. The molecule has 2 fully saturated rings. The molecule has 7 nitrogen and oxygen atoms in total. The Balaban J connectivity index is 1.40. The molecule has 2 amide bonds. The van der Waals surface area contributed by atoms with Gasteiger partial charge in [0, 0.05) is 37.3 Å². The molecule has 0 spiro atoms. The Morgan fingerprint density at radius 2 is 1.79 bits per heavy atom. The van der Waals surface area contributed by atoms with Crippen molar-refractivity contribution in [3.8, 4) is 0 Å². The van der Waals surface area contributed by atoms with E-state index < -0.39 is 5.54 Å². The summed E-state index contributed by atoms with van der Waals surface area (Å²) in [6, 6.07) is 4.50. The summed E-state index contributed by atoms with van der Waals surface area (Å²) >= 11 is 0. The van der Waals surface area contributed by atoms with Gasteiger partial charge in [-0.15, -0.1) is 0 Å². The molecular weight excluding hydrogens is 428 g/mol. The number of carbonyl (C=O) groups is 2. The summed E-state index contributed by atoms with van der Waals surface area (Å²) in [6.07, 6.45) is 14.9. The number of rotatable bonds is 6. The fourth-order valence-electron chi connectivity index (χ4n) is 6.35. The molecule has 1 N–H and O–H groups in total. The average molecular weight is 469 g/mol. The Hall–Kier alpha value is -2.28. The zero-order valence-corrected chi connectivity index (χ0v) is 20.9. The summed E-state index contributed by atoms with van der Waals surface area (Å²) in [7, 11) is 2.17. The fourth-order valence-corrected chi connectivity index (χ4v) is 6.35. The highest BCUT2D eigenvalue weighted by Gasteiger charge is 2.48. The maximum atomic E-state index is 13.9. The van der Waals surface area contributed by atoms with Gasteiger partial charge in [0.15, 0.2) is 5.58 Å². The van der Waals surface area contributed by atoms with Crippen LogP contribution in [0.1, 0.15) is 88.0 Å². The van der Waals surface area contributed by atoms with Crippen LogP contribution in [0.25, 0.3) is 11.1 Å². The van der Waals surface area contributed by atoms with Gasteiger partial charge >= 0.3 is 0 Å². The van der Waals surface area contributed by atoms with E-state index >= 15 is 0 Å². The third kappa shape index (κ3) is 4.39. The van der Waals surface area contributed by atoms with E-state index in [1.807, 2.05) is 28.5 Å². The third-order valence-electron chi connectivity index (χ3n) is 8.60. The van der Waals surface area contributed by atoms with E-state index in [9.17, 15) is 9.59 Å². The summed E-state index contributed by atoms with van der Waals surface area (Å²) in [5.74, 6) is -0.0997.